The van der Waals surface area contributed by atoms with Crippen LogP contribution in [-0.2, 0) is 14.3 Å². The molecule has 0 atom stereocenters. The molecule has 0 aliphatic carbocycles. The van der Waals surface area contributed by atoms with Gasteiger partial charge in [-0.3, -0.25) is 0 Å². The third kappa shape index (κ3) is 10.8. The topological polar surface area (TPSA) is 35.5 Å². The minimum absolute atomic E-state index is 0.264. The minimum atomic E-state index is -0.264. The van der Waals surface area contributed by atoms with Crippen molar-refractivity contribution in [2.24, 2.45) is 0 Å². The van der Waals surface area contributed by atoms with E-state index in [0.717, 1.165) is 25.9 Å². The lowest BCUT2D eigenvalue weighted by Crippen LogP contribution is -1.98. The number of esters is 1. The summed E-state index contributed by atoms with van der Waals surface area (Å²) < 4.78 is 9.96. The molecular weight excluding hydrogens is 192 g/mol. The van der Waals surface area contributed by atoms with Crippen LogP contribution in [0.3, 0.4) is 0 Å². The molecule has 0 aromatic carbocycles. The summed E-state index contributed by atoms with van der Waals surface area (Å²) in [6.45, 7) is 7.14. The monoisotopic (exact) mass is 212 g/mol. The van der Waals surface area contributed by atoms with E-state index in [0.29, 0.717) is 13.2 Å². The standard InChI is InChI=1S/C12H20O3/c1-3-10-14-11-8-6-5-7-9-12(13)15-4-2/h3,7,9H,1,4-6,8,10-11H2,2H3/b9-7+. The molecule has 3 nitrogen and oxygen atoms in total. The molecule has 3 heteroatoms. The zero-order chi connectivity index (χ0) is 11.4. The summed E-state index contributed by atoms with van der Waals surface area (Å²) in [6.07, 6.45) is 7.96. The normalized spacial score (nSPS) is 10.5. The van der Waals surface area contributed by atoms with Crippen LogP contribution in [0.5, 0.6) is 0 Å². The fourth-order valence-corrected chi connectivity index (χ4v) is 1.00. The molecular formula is C12H20O3. The van der Waals surface area contributed by atoms with E-state index in [1.54, 1.807) is 13.0 Å². The van der Waals surface area contributed by atoms with Gasteiger partial charge >= 0.3 is 5.97 Å². The molecule has 0 aliphatic rings. The quantitative estimate of drug-likeness (QED) is 0.255. The van der Waals surface area contributed by atoms with Gasteiger partial charge in [0, 0.05) is 12.7 Å². The van der Waals surface area contributed by atoms with Crippen molar-refractivity contribution in [3.05, 3.63) is 24.8 Å². The highest BCUT2D eigenvalue weighted by molar-refractivity contribution is 5.81. The molecule has 0 aromatic heterocycles. The average molecular weight is 212 g/mol. The van der Waals surface area contributed by atoms with Crippen LogP contribution in [0, 0.1) is 0 Å². The number of allylic oxidation sites excluding steroid dienone is 1. The average Bonchev–Trinajstić information content (AvgIpc) is 2.22. The zero-order valence-electron chi connectivity index (χ0n) is 9.41. The molecule has 0 bridgehead atoms. The van der Waals surface area contributed by atoms with E-state index in [4.69, 9.17) is 9.47 Å². The number of ether oxygens (including phenoxy) is 2. The summed E-state index contributed by atoms with van der Waals surface area (Å²) in [7, 11) is 0. The third-order valence-corrected chi connectivity index (χ3v) is 1.69. The molecule has 0 rings (SSSR count). The molecule has 0 N–H and O–H groups in total. The van der Waals surface area contributed by atoms with E-state index in [2.05, 4.69) is 6.58 Å². The van der Waals surface area contributed by atoms with E-state index in [1.807, 2.05) is 6.08 Å². The fourth-order valence-electron chi connectivity index (χ4n) is 1.00. The number of hydrogen-bond donors (Lipinski definition) is 0. The van der Waals surface area contributed by atoms with Gasteiger partial charge in [0.1, 0.15) is 0 Å². The maximum atomic E-state index is 10.9. The van der Waals surface area contributed by atoms with E-state index in [1.165, 1.54) is 6.08 Å². The Labute approximate surface area is 91.8 Å². The molecule has 0 spiro atoms. The van der Waals surface area contributed by atoms with Gasteiger partial charge in [-0.2, -0.15) is 0 Å². The molecule has 0 heterocycles. The first-order chi connectivity index (χ1) is 7.31. The van der Waals surface area contributed by atoms with Gasteiger partial charge in [0.05, 0.1) is 13.2 Å². The van der Waals surface area contributed by atoms with Gasteiger partial charge < -0.3 is 9.47 Å². The summed E-state index contributed by atoms with van der Waals surface area (Å²) in [5, 5.41) is 0. The second-order valence-corrected chi connectivity index (χ2v) is 3.01. The van der Waals surface area contributed by atoms with Crippen molar-refractivity contribution in [1.29, 1.82) is 0 Å². The first-order valence-corrected chi connectivity index (χ1v) is 5.33. The Morgan fingerprint density at radius 1 is 1.40 bits per heavy atom. The molecule has 0 aliphatic heterocycles. The van der Waals surface area contributed by atoms with Crippen molar-refractivity contribution in [3.63, 3.8) is 0 Å². The van der Waals surface area contributed by atoms with E-state index >= 15 is 0 Å². The van der Waals surface area contributed by atoms with Crippen molar-refractivity contribution >= 4 is 5.97 Å². The second-order valence-electron chi connectivity index (χ2n) is 3.01. The second kappa shape index (κ2) is 11.0. The highest BCUT2D eigenvalue weighted by Crippen LogP contribution is 1.97. The van der Waals surface area contributed by atoms with Gasteiger partial charge in [0.25, 0.3) is 0 Å². The van der Waals surface area contributed by atoms with E-state index < -0.39 is 0 Å². The van der Waals surface area contributed by atoms with E-state index in [-0.39, 0.29) is 5.97 Å². The molecule has 0 aromatic rings. The van der Waals surface area contributed by atoms with Crippen LogP contribution in [0.25, 0.3) is 0 Å². The number of rotatable bonds is 9. The Morgan fingerprint density at radius 2 is 2.20 bits per heavy atom. The van der Waals surface area contributed by atoms with Crippen LogP contribution in [0.2, 0.25) is 0 Å². The lowest BCUT2D eigenvalue weighted by molar-refractivity contribution is -0.137. The third-order valence-electron chi connectivity index (χ3n) is 1.69. The molecule has 0 saturated carbocycles. The van der Waals surface area contributed by atoms with Crippen LogP contribution < -0.4 is 0 Å². The Kier molecular flexibility index (Phi) is 10.2. The molecule has 15 heavy (non-hydrogen) atoms. The first kappa shape index (κ1) is 13.9. The highest BCUT2D eigenvalue weighted by atomic mass is 16.5. The lowest BCUT2D eigenvalue weighted by atomic mass is 10.2. The van der Waals surface area contributed by atoms with Crippen molar-refractivity contribution in [2.45, 2.75) is 26.2 Å². The summed E-state index contributed by atoms with van der Waals surface area (Å²) in [6, 6.07) is 0. The van der Waals surface area contributed by atoms with Gasteiger partial charge in [-0.15, -0.1) is 6.58 Å². The molecule has 0 radical (unpaired) electrons. The SMILES string of the molecule is C=CCOCCCC/C=C/C(=O)OCC. The number of carbonyl (C=O) groups is 1. The van der Waals surface area contributed by atoms with Crippen molar-refractivity contribution in [3.8, 4) is 0 Å². The molecule has 0 saturated heterocycles. The summed E-state index contributed by atoms with van der Waals surface area (Å²) in [4.78, 5) is 10.9. The van der Waals surface area contributed by atoms with Gasteiger partial charge in [0.15, 0.2) is 0 Å². The highest BCUT2D eigenvalue weighted by Gasteiger charge is 1.92. The zero-order valence-corrected chi connectivity index (χ0v) is 9.41. The molecule has 0 unspecified atom stereocenters. The predicted molar refractivity (Wildman–Crippen MR) is 60.6 cm³/mol. The molecule has 86 valence electrons. The Morgan fingerprint density at radius 3 is 2.87 bits per heavy atom. The lowest BCUT2D eigenvalue weighted by Gasteiger charge is -1.99. The summed E-state index contributed by atoms with van der Waals surface area (Å²) >= 11 is 0. The summed E-state index contributed by atoms with van der Waals surface area (Å²) in [5.74, 6) is -0.264. The predicted octanol–water partition coefficient (Wildman–Crippen LogP) is 2.48. The van der Waals surface area contributed by atoms with Gasteiger partial charge in [-0.05, 0) is 26.2 Å². The van der Waals surface area contributed by atoms with Crippen LogP contribution in [0.4, 0.5) is 0 Å². The Hall–Kier alpha value is -1.09. The molecule has 0 amide bonds. The fraction of sp³-hybridized carbons (Fsp3) is 0.583. The smallest absolute Gasteiger partial charge is 0.330 e. The number of unbranched alkanes of at least 4 members (excludes halogenated alkanes) is 2. The van der Waals surface area contributed by atoms with Crippen molar-refractivity contribution in [1.82, 2.24) is 0 Å². The number of carbonyl (C=O) groups excluding carboxylic acids is 1. The van der Waals surface area contributed by atoms with Gasteiger partial charge in [-0.25, -0.2) is 4.79 Å². The minimum Gasteiger partial charge on any atom is -0.463 e. The van der Waals surface area contributed by atoms with Crippen LogP contribution >= 0.6 is 0 Å². The van der Waals surface area contributed by atoms with Crippen LogP contribution in [0.1, 0.15) is 26.2 Å². The summed E-state index contributed by atoms with van der Waals surface area (Å²) in [5.41, 5.74) is 0. The van der Waals surface area contributed by atoms with Crippen molar-refractivity contribution < 1.29 is 14.3 Å². The van der Waals surface area contributed by atoms with Crippen LogP contribution in [-0.4, -0.2) is 25.8 Å². The maximum Gasteiger partial charge on any atom is 0.330 e. The van der Waals surface area contributed by atoms with Gasteiger partial charge in [0.2, 0.25) is 0 Å². The number of hydrogen-bond acceptors (Lipinski definition) is 3. The van der Waals surface area contributed by atoms with Gasteiger partial charge in [-0.1, -0.05) is 12.2 Å². The van der Waals surface area contributed by atoms with E-state index in [9.17, 15) is 4.79 Å². The first-order valence-electron chi connectivity index (χ1n) is 5.33. The molecule has 0 fully saturated rings. The Bertz CT molecular complexity index is 197. The largest absolute Gasteiger partial charge is 0.463 e. The maximum absolute atomic E-state index is 10.9. The van der Waals surface area contributed by atoms with Crippen molar-refractivity contribution in [2.75, 3.05) is 19.8 Å². The van der Waals surface area contributed by atoms with Crippen LogP contribution in [0.15, 0.2) is 24.8 Å². The Balaban J connectivity index is 3.22.